The van der Waals surface area contributed by atoms with Gasteiger partial charge in [-0.3, -0.25) is 25.1 Å². The summed E-state index contributed by atoms with van der Waals surface area (Å²) in [5, 5.41) is 12.2. The summed E-state index contributed by atoms with van der Waals surface area (Å²) in [6.45, 7) is 0. The molecular weight excluding hydrogens is 394 g/mol. The first-order valence-electron chi connectivity index (χ1n) is 10.1. The van der Waals surface area contributed by atoms with E-state index in [2.05, 4.69) is 29.7 Å². The average molecular weight is 411 g/mol. The molecule has 2 atom stereocenters. The highest BCUT2D eigenvalue weighted by atomic mass is 16.6. The zero-order chi connectivity index (χ0) is 21.3. The maximum absolute atomic E-state index is 13.7. The van der Waals surface area contributed by atoms with E-state index in [1.807, 2.05) is 24.3 Å². The minimum Gasteiger partial charge on any atom is -0.273 e. The SMILES string of the molecule is O=C1NN(c2ccc([N+](=O)[O-])cc2)C(=O)[C@@H]2C3c4ccccc4C(c4ccccc43)[C@@H]12. The Morgan fingerprint density at radius 2 is 1.23 bits per heavy atom. The third-order valence-electron chi connectivity index (χ3n) is 6.79. The fourth-order valence-corrected chi connectivity index (χ4v) is 5.59. The number of non-ortho nitro benzene ring substituents is 1. The van der Waals surface area contributed by atoms with Crippen LogP contribution in [0, 0.1) is 22.0 Å². The molecule has 1 heterocycles. The molecule has 3 aliphatic carbocycles. The molecular formula is C24H17N3O4. The molecule has 7 nitrogen and oxygen atoms in total. The Kier molecular flexibility index (Phi) is 3.59. The zero-order valence-corrected chi connectivity index (χ0v) is 16.3. The van der Waals surface area contributed by atoms with Gasteiger partial charge in [-0.2, -0.15) is 0 Å². The molecule has 31 heavy (non-hydrogen) atoms. The topological polar surface area (TPSA) is 92.6 Å². The zero-order valence-electron chi connectivity index (χ0n) is 16.3. The van der Waals surface area contributed by atoms with Crippen molar-refractivity contribution >= 4 is 23.2 Å². The number of nitro benzene ring substituents is 1. The number of nitro groups is 1. The predicted octanol–water partition coefficient (Wildman–Crippen LogP) is 3.50. The van der Waals surface area contributed by atoms with Crippen molar-refractivity contribution in [3.05, 3.63) is 105 Å². The highest BCUT2D eigenvalue weighted by Gasteiger charge is 2.58. The second-order valence-electron chi connectivity index (χ2n) is 8.19. The van der Waals surface area contributed by atoms with Crippen molar-refractivity contribution < 1.29 is 14.5 Å². The Morgan fingerprint density at radius 3 is 1.71 bits per heavy atom. The van der Waals surface area contributed by atoms with Crippen LogP contribution in [0.5, 0.6) is 0 Å². The Morgan fingerprint density at radius 1 is 0.742 bits per heavy atom. The van der Waals surface area contributed by atoms with Gasteiger partial charge in [0.15, 0.2) is 0 Å². The molecule has 2 bridgehead atoms. The molecule has 1 saturated heterocycles. The standard InChI is InChI=1S/C24H17N3O4/c28-23-21-19-15-5-1-3-7-17(15)20(18-8-4-2-6-16(18)19)22(21)24(29)26(25-23)13-9-11-14(12-10-13)27(30)31/h1-12,19-22H,(H,25,28)/t19?,20?,21-,22-/m1/s1. The van der Waals surface area contributed by atoms with Crippen LogP contribution >= 0.6 is 0 Å². The number of benzene rings is 3. The van der Waals surface area contributed by atoms with E-state index in [1.54, 1.807) is 0 Å². The number of anilines is 1. The lowest BCUT2D eigenvalue weighted by atomic mass is 9.53. The molecule has 152 valence electrons. The Hall–Kier alpha value is -4.00. The summed E-state index contributed by atoms with van der Waals surface area (Å²) in [6.07, 6.45) is 0. The molecule has 7 heteroatoms. The van der Waals surface area contributed by atoms with E-state index in [1.165, 1.54) is 29.3 Å². The van der Waals surface area contributed by atoms with Crippen molar-refractivity contribution in [3.8, 4) is 0 Å². The number of hydrogen-bond donors (Lipinski definition) is 1. The van der Waals surface area contributed by atoms with Gasteiger partial charge < -0.3 is 0 Å². The van der Waals surface area contributed by atoms with Crippen LogP contribution in [-0.4, -0.2) is 16.7 Å². The van der Waals surface area contributed by atoms with E-state index in [0.29, 0.717) is 5.69 Å². The quantitative estimate of drug-likeness (QED) is 0.516. The van der Waals surface area contributed by atoms with Crippen LogP contribution in [0.1, 0.15) is 34.1 Å². The van der Waals surface area contributed by atoms with Gasteiger partial charge in [0.05, 0.1) is 22.4 Å². The van der Waals surface area contributed by atoms with Gasteiger partial charge in [0, 0.05) is 24.0 Å². The Labute approximate surface area is 177 Å². The third-order valence-corrected chi connectivity index (χ3v) is 6.79. The third kappa shape index (κ3) is 2.34. The van der Waals surface area contributed by atoms with Crippen LogP contribution in [0.3, 0.4) is 0 Å². The number of hydrogen-bond acceptors (Lipinski definition) is 4. The molecule has 0 saturated carbocycles. The van der Waals surface area contributed by atoms with E-state index >= 15 is 0 Å². The number of nitrogens with zero attached hydrogens (tertiary/aromatic N) is 2. The van der Waals surface area contributed by atoms with Crippen LogP contribution in [0.25, 0.3) is 0 Å². The maximum Gasteiger partial charge on any atom is 0.269 e. The van der Waals surface area contributed by atoms with Gasteiger partial charge in [0.2, 0.25) is 5.91 Å². The van der Waals surface area contributed by atoms with Gasteiger partial charge >= 0.3 is 0 Å². The molecule has 0 spiro atoms. The summed E-state index contributed by atoms with van der Waals surface area (Å²) in [7, 11) is 0. The van der Waals surface area contributed by atoms with Crippen LogP contribution in [0.4, 0.5) is 11.4 Å². The first-order valence-corrected chi connectivity index (χ1v) is 10.1. The number of carbonyl (C=O) groups excluding carboxylic acids is 2. The lowest BCUT2D eigenvalue weighted by Gasteiger charge is -2.52. The fraction of sp³-hybridized carbons (Fsp3) is 0.167. The van der Waals surface area contributed by atoms with Crippen LogP contribution in [0.2, 0.25) is 0 Å². The Bertz CT molecular complexity index is 1220. The maximum atomic E-state index is 13.7. The van der Waals surface area contributed by atoms with Crippen molar-refractivity contribution in [1.82, 2.24) is 5.43 Å². The molecule has 1 N–H and O–H groups in total. The number of hydrazine groups is 1. The van der Waals surface area contributed by atoms with Crippen LogP contribution in [0.15, 0.2) is 72.8 Å². The molecule has 0 unspecified atom stereocenters. The summed E-state index contributed by atoms with van der Waals surface area (Å²) in [5.74, 6) is -1.80. The summed E-state index contributed by atoms with van der Waals surface area (Å²) >= 11 is 0. The van der Waals surface area contributed by atoms with E-state index in [9.17, 15) is 19.7 Å². The van der Waals surface area contributed by atoms with Crippen molar-refractivity contribution in [3.63, 3.8) is 0 Å². The summed E-state index contributed by atoms with van der Waals surface area (Å²) < 4.78 is 0. The molecule has 3 aromatic rings. The molecule has 0 aromatic heterocycles. The molecule has 1 aliphatic heterocycles. The number of amides is 2. The van der Waals surface area contributed by atoms with Crippen LogP contribution in [-0.2, 0) is 9.59 Å². The van der Waals surface area contributed by atoms with E-state index < -0.39 is 16.8 Å². The number of rotatable bonds is 2. The van der Waals surface area contributed by atoms with Crippen LogP contribution < -0.4 is 10.4 Å². The van der Waals surface area contributed by atoms with Crippen molar-refractivity contribution in [2.45, 2.75) is 11.8 Å². The molecule has 1 fully saturated rings. The average Bonchev–Trinajstić information content (AvgIpc) is 2.81. The lowest BCUT2D eigenvalue weighted by molar-refractivity contribution is -0.384. The van der Waals surface area contributed by atoms with E-state index in [0.717, 1.165) is 22.3 Å². The van der Waals surface area contributed by atoms with Gasteiger partial charge in [-0.15, -0.1) is 0 Å². The monoisotopic (exact) mass is 411 g/mol. The second kappa shape index (κ2) is 6.25. The lowest BCUT2D eigenvalue weighted by Crippen LogP contribution is -2.64. The molecule has 7 rings (SSSR count). The smallest absolute Gasteiger partial charge is 0.269 e. The predicted molar refractivity (Wildman–Crippen MR) is 112 cm³/mol. The highest BCUT2D eigenvalue weighted by Crippen LogP contribution is 2.59. The normalized spacial score (nSPS) is 25.4. The first-order chi connectivity index (χ1) is 15.1. The van der Waals surface area contributed by atoms with Gasteiger partial charge in [0.1, 0.15) is 0 Å². The summed E-state index contributed by atoms with van der Waals surface area (Å²) in [4.78, 5) is 37.5. The van der Waals surface area contributed by atoms with Gasteiger partial charge in [-0.05, 0) is 34.4 Å². The molecule has 2 amide bonds. The minimum absolute atomic E-state index is 0.0722. The van der Waals surface area contributed by atoms with E-state index in [-0.39, 0.29) is 29.3 Å². The summed E-state index contributed by atoms with van der Waals surface area (Å²) in [6, 6.07) is 21.7. The molecule has 3 aromatic carbocycles. The molecule has 0 radical (unpaired) electrons. The fourth-order valence-electron chi connectivity index (χ4n) is 5.59. The number of carbonyl (C=O) groups is 2. The second-order valence-corrected chi connectivity index (χ2v) is 8.19. The highest BCUT2D eigenvalue weighted by molar-refractivity contribution is 6.06. The van der Waals surface area contributed by atoms with E-state index in [4.69, 9.17) is 0 Å². The van der Waals surface area contributed by atoms with Crippen molar-refractivity contribution in [2.75, 3.05) is 5.01 Å². The van der Waals surface area contributed by atoms with Crippen molar-refractivity contribution in [1.29, 1.82) is 0 Å². The summed E-state index contributed by atoms with van der Waals surface area (Å²) in [5.41, 5.74) is 7.50. The van der Waals surface area contributed by atoms with Crippen molar-refractivity contribution in [2.24, 2.45) is 11.8 Å². The molecule has 4 aliphatic rings. The minimum atomic E-state index is -0.529. The largest absolute Gasteiger partial charge is 0.273 e. The van der Waals surface area contributed by atoms with Gasteiger partial charge in [-0.25, -0.2) is 5.01 Å². The van der Waals surface area contributed by atoms with Gasteiger partial charge in [0.25, 0.3) is 11.6 Å². The number of nitrogens with one attached hydrogen (secondary N) is 1. The first kappa shape index (κ1) is 17.8. The van der Waals surface area contributed by atoms with Gasteiger partial charge in [-0.1, -0.05) is 48.5 Å². The Balaban J connectivity index is 1.49.